The number of amides is 1. The lowest BCUT2D eigenvalue weighted by molar-refractivity contribution is -0.117. The van der Waals surface area contributed by atoms with E-state index in [1.54, 1.807) is 0 Å². The van der Waals surface area contributed by atoms with Gasteiger partial charge in [0.05, 0.1) is 5.25 Å². The summed E-state index contributed by atoms with van der Waals surface area (Å²) in [6.45, 7) is 4.79. The Morgan fingerprint density at radius 3 is 2.78 bits per heavy atom. The molecule has 1 aliphatic heterocycles. The lowest BCUT2D eigenvalue weighted by atomic mass is 10.1. The molecule has 0 aliphatic carbocycles. The van der Waals surface area contributed by atoms with Gasteiger partial charge >= 0.3 is 0 Å². The van der Waals surface area contributed by atoms with E-state index in [-0.39, 0.29) is 11.2 Å². The van der Waals surface area contributed by atoms with Crippen LogP contribution in [0.4, 0.5) is 5.69 Å². The van der Waals surface area contributed by atoms with Gasteiger partial charge in [-0.1, -0.05) is 61.2 Å². The normalized spacial score (nSPS) is 14.2. The van der Waals surface area contributed by atoms with E-state index in [0.29, 0.717) is 5.16 Å². The van der Waals surface area contributed by atoms with Gasteiger partial charge < -0.3 is 4.90 Å². The molecule has 0 spiro atoms. The van der Waals surface area contributed by atoms with E-state index in [0.717, 1.165) is 36.5 Å². The minimum atomic E-state index is -0.248. The fourth-order valence-electron chi connectivity index (χ4n) is 3.32. The highest BCUT2D eigenvalue weighted by atomic mass is 32.2. The van der Waals surface area contributed by atoms with Crippen molar-refractivity contribution in [3.8, 4) is 11.4 Å². The number of carbonyl (C=O) groups is 1. The average molecular weight is 379 g/mol. The number of benzene rings is 2. The molecule has 27 heavy (non-hydrogen) atoms. The first kappa shape index (κ1) is 17.8. The number of nitrogens with zero attached hydrogens (tertiary/aromatic N) is 3. The third kappa shape index (κ3) is 3.62. The summed E-state index contributed by atoms with van der Waals surface area (Å²) in [6.07, 6.45) is 1.93. The van der Waals surface area contributed by atoms with Crippen LogP contribution in [0.1, 0.15) is 25.0 Å². The molecule has 138 valence electrons. The molecule has 1 N–H and O–H groups in total. The highest BCUT2D eigenvalue weighted by molar-refractivity contribution is 8.00. The van der Waals surface area contributed by atoms with Crippen molar-refractivity contribution in [3.05, 3.63) is 59.7 Å². The summed E-state index contributed by atoms with van der Waals surface area (Å²) in [7, 11) is 0. The number of para-hydroxylation sites is 1. The molecule has 0 fully saturated rings. The molecule has 1 aliphatic rings. The topological polar surface area (TPSA) is 61.9 Å². The van der Waals surface area contributed by atoms with Crippen molar-refractivity contribution in [2.45, 2.75) is 37.1 Å². The molecule has 1 amide bonds. The Morgan fingerprint density at radius 1 is 1.22 bits per heavy atom. The minimum Gasteiger partial charge on any atom is -0.311 e. The maximum atomic E-state index is 12.9. The lowest BCUT2D eigenvalue weighted by Crippen LogP contribution is -2.35. The van der Waals surface area contributed by atoms with Gasteiger partial charge in [0.15, 0.2) is 5.82 Å². The molecule has 2 heterocycles. The number of H-pyrrole nitrogens is 1. The largest absolute Gasteiger partial charge is 0.311 e. The number of nitrogens with one attached hydrogen (secondary N) is 1. The van der Waals surface area contributed by atoms with Crippen molar-refractivity contribution in [2.75, 3.05) is 11.4 Å². The molecule has 0 bridgehead atoms. The quantitative estimate of drug-likeness (QED) is 0.679. The van der Waals surface area contributed by atoms with Gasteiger partial charge in [-0.3, -0.25) is 9.89 Å². The Bertz CT molecular complexity index is 951. The third-order valence-corrected chi connectivity index (χ3v) is 5.83. The number of carbonyl (C=O) groups excluding carboxylic acids is 1. The molecule has 4 rings (SSSR count). The van der Waals surface area contributed by atoms with E-state index in [2.05, 4.69) is 40.3 Å². The molecule has 1 aromatic heterocycles. The van der Waals surface area contributed by atoms with Crippen molar-refractivity contribution in [3.63, 3.8) is 0 Å². The second kappa shape index (κ2) is 7.56. The summed E-state index contributed by atoms with van der Waals surface area (Å²) in [5.74, 6) is 0.829. The molecule has 1 atom stereocenters. The van der Waals surface area contributed by atoms with Gasteiger partial charge in [0, 0.05) is 17.8 Å². The standard InChI is InChI=1S/C21H22N4OS/c1-3-15-8-10-17(11-9-15)19-22-21(24-23-19)27-14(2)20(26)25-13-12-16-6-4-5-7-18(16)25/h4-11,14H,3,12-13H2,1-2H3,(H,22,23,24). The summed E-state index contributed by atoms with van der Waals surface area (Å²) < 4.78 is 0. The number of aromatic nitrogens is 3. The fraction of sp³-hybridized carbons (Fsp3) is 0.286. The summed E-state index contributed by atoms with van der Waals surface area (Å²) in [5.41, 5.74) is 4.55. The first-order valence-electron chi connectivity index (χ1n) is 9.23. The van der Waals surface area contributed by atoms with Crippen LogP contribution in [0.5, 0.6) is 0 Å². The van der Waals surface area contributed by atoms with Gasteiger partial charge in [0.25, 0.3) is 0 Å². The van der Waals surface area contributed by atoms with Crippen molar-refractivity contribution < 1.29 is 4.79 Å². The predicted octanol–water partition coefficient (Wildman–Crippen LogP) is 4.10. The van der Waals surface area contributed by atoms with Crippen LogP contribution in [0.15, 0.2) is 53.7 Å². The van der Waals surface area contributed by atoms with Crippen LogP contribution >= 0.6 is 11.8 Å². The smallest absolute Gasteiger partial charge is 0.240 e. The van der Waals surface area contributed by atoms with Crippen molar-refractivity contribution >= 4 is 23.4 Å². The fourth-order valence-corrected chi connectivity index (χ4v) is 4.11. The molecule has 6 heteroatoms. The van der Waals surface area contributed by atoms with E-state index >= 15 is 0 Å². The highest BCUT2D eigenvalue weighted by Gasteiger charge is 2.29. The van der Waals surface area contributed by atoms with E-state index in [9.17, 15) is 4.79 Å². The molecular weight excluding hydrogens is 356 g/mol. The second-order valence-electron chi connectivity index (χ2n) is 6.65. The summed E-state index contributed by atoms with van der Waals surface area (Å²) in [4.78, 5) is 19.3. The van der Waals surface area contributed by atoms with Gasteiger partial charge in [-0.15, -0.1) is 5.10 Å². The number of hydrogen-bond acceptors (Lipinski definition) is 4. The van der Waals surface area contributed by atoms with E-state index in [1.165, 1.54) is 22.9 Å². The van der Waals surface area contributed by atoms with Crippen LogP contribution in [0.2, 0.25) is 0 Å². The Kier molecular flexibility index (Phi) is 4.99. The zero-order valence-electron chi connectivity index (χ0n) is 15.5. The Labute approximate surface area is 163 Å². The molecule has 2 aromatic carbocycles. The van der Waals surface area contributed by atoms with Crippen LogP contribution in [0.25, 0.3) is 11.4 Å². The van der Waals surface area contributed by atoms with Crippen molar-refractivity contribution in [2.24, 2.45) is 0 Å². The van der Waals surface area contributed by atoms with Crippen LogP contribution in [0, 0.1) is 0 Å². The first-order valence-corrected chi connectivity index (χ1v) is 10.1. The molecular formula is C21H22N4OS. The molecule has 1 unspecified atom stereocenters. The molecule has 0 radical (unpaired) electrons. The molecule has 5 nitrogen and oxygen atoms in total. The van der Waals surface area contributed by atoms with E-state index in [4.69, 9.17) is 0 Å². The highest BCUT2D eigenvalue weighted by Crippen LogP contribution is 2.31. The van der Waals surface area contributed by atoms with Crippen molar-refractivity contribution in [1.29, 1.82) is 0 Å². The van der Waals surface area contributed by atoms with Crippen LogP contribution in [-0.4, -0.2) is 32.9 Å². The Balaban J connectivity index is 1.45. The Hall–Kier alpha value is -2.60. The third-order valence-electron chi connectivity index (χ3n) is 4.88. The number of rotatable bonds is 5. The van der Waals surface area contributed by atoms with Gasteiger partial charge in [-0.25, -0.2) is 4.98 Å². The van der Waals surface area contributed by atoms with Crippen LogP contribution in [-0.2, 0) is 17.6 Å². The lowest BCUT2D eigenvalue weighted by Gasteiger charge is -2.20. The minimum absolute atomic E-state index is 0.101. The average Bonchev–Trinajstić information content (AvgIpc) is 3.34. The first-order chi connectivity index (χ1) is 13.2. The monoisotopic (exact) mass is 378 g/mol. The van der Waals surface area contributed by atoms with Gasteiger partial charge in [-0.05, 0) is 37.0 Å². The van der Waals surface area contributed by atoms with Gasteiger partial charge in [0.1, 0.15) is 0 Å². The van der Waals surface area contributed by atoms with Crippen molar-refractivity contribution in [1.82, 2.24) is 15.2 Å². The summed E-state index contributed by atoms with van der Waals surface area (Å²) in [5, 5.41) is 7.61. The van der Waals surface area contributed by atoms with Gasteiger partial charge in [0.2, 0.25) is 11.1 Å². The summed E-state index contributed by atoms with van der Waals surface area (Å²) >= 11 is 1.39. The zero-order valence-corrected chi connectivity index (χ0v) is 16.3. The Morgan fingerprint density at radius 2 is 2.00 bits per heavy atom. The number of anilines is 1. The maximum absolute atomic E-state index is 12.9. The number of aryl methyl sites for hydroxylation is 1. The number of thioether (sulfide) groups is 1. The predicted molar refractivity (Wildman–Crippen MR) is 109 cm³/mol. The summed E-state index contributed by atoms with van der Waals surface area (Å²) in [6, 6.07) is 16.4. The van der Waals surface area contributed by atoms with Crippen LogP contribution < -0.4 is 4.90 Å². The molecule has 0 saturated heterocycles. The zero-order chi connectivity index (χ0) is 18.8. The van der Waals surface area contributed by atoms with Gasteiger partial charge in [-0.2, -0.15) is 0 Å². The SMILES string of the molecule is CCc1ccc(-c2nc(SC(C)C(=O)N3CCc4ccccc43)n[nH]2)cc1. The molecule has 3 aromatic rings. The van der Waals surface area contributed by atoms with E-state index < -0.39 is 0 Å². The van der Waals surface area contributed by atoms with Crippen LogP contribution in [0.3, 0.4) is 0 Å². The maximum Gasteiger partial charge on any atom is 0.240 e. The number of fused-ring (bicyclic) bond motifs is 1. The second-order valence-corrected chi connectivity index (χ2v) is 7.95. The van der Waals surface area contributed by atoms with E-state index in [1.807, 2.05) is 42.2 Å². The number of aromatic amines is 1. The number of hydrogen-bond donors (Lipinski definition) is 1. The molecule has 0 saturated carbocycles.